The maximum atomic E-state index is 12.9. The normalized spacial score (nSPS) is 24.3. The summed E-state index contributed by atoms with van der Waals surface area (Å²) in [4.78, 5) is 26.1. The van der Waals surface area contributed by atoms with Gasteiger partial charge in [0.2, 0.25) is 11.8 Å². The van der Waals surface area contributed by atoms with Gasteiger partial charge in [-0.05, 0) is 30.2 Å². The number of carbonyl (C=O) groups is 2. The molecule has 0 aromatic heterocycles. The van der Waals surface area contributed by atoms with Crippen LogP contribution in [-0.4, -0.2) is 24.4 Å². The van der Waals surface area contributed by atoms with Gasteiger partial charge in [-0.15, -0.1) is 0 Å². The van der Waals surface area contributed by atoms with Gasteiger partial charge in [-0.1, -0.05) is 36.4 Å². The average Bonchev–Trinajstić information content (AvgIpc) is 3.33. The lowest BCUT2D eigenvalue weighted by atomic mass is 10.1. The molecule has 3 atom stereocenters. The number of rotatable bonds is 4. The molecule has 0 spiro atoms. The summed E-state index contributed by atoms with van der Waals surface area (Å²) in [6, 6.07) is 14.6. The van der Waals surface area contributed by atoms with Gasteiger partial charge in [-0.3, -0.25) is 9.59 Å². The van der Waals surface area contributed by atoms with Gasteiger partial charge in [0.15, 0.2) is 0 Å². The van der Waals surface area contributed by atoms with Gasteiger partial charge in [-0.25, -0.2) is 0 Å². The minimum absolute atomic E-state index is 0.00476. The number of halogens is 3. The lowest BCUT2D eigenvalue weighted by molar-refractivity contribution is -0.137. The van der Waals surface area contributed by atoms with Crippen LogP contribution in [0.15, 0.2) is 54.6 Å². The van der Waals surface area contributed by atoms with Gasteiger partial charge in [0.05, 0.1) is 11.5 Å². The molecule has 4 nitrogen and oxygen atoms in total. The van der Waals surface area contributed by atoms with Crippen molar-refractivity contribution in [2.75, 3.05) is 11.4 Å². The standard InChI is InChI=1S/C21H19F3N2O2/c22-21(23,24)15-7-4-8-16(10-15)26-12-14(9-19(26)27)20(28)25-18-11-17(18)13-5-2-1-3-6-13/h1-8,10,14,17-18H,9,11-12H2,(H,25,28)/t14-,17+,18+/m0/s1. The van der Waals surface area contributed by atoms with E-state index < -0.39 is 17.7 Å². The van der Waals surface area contributed by atoms with Crippen LogP contribution in [0, 0.1) is 5.92 Å². The Hall–Kier alpha value is -2.83. The Bertz CT molecular complexity index is 898. The number of anilines is 1. The lowest BCUT2D eigenvalue weighted by Gasteiger charge is -2.18. The maximum Gasteiger partial charge on any atom is 0.416 e. The summed E-state index contributed by atoms with van der Waals surface area (Å²) in [5.74, 6) is -0.831. The van der Waals surface area contributed by atoms with Gasteiger partial charge in [0, 0.05) is 30.6 Å². The summed E-state index contributed by atoms with van der Waals surface area (Å²) in [6.45, 7) is 0.0920. The Morgan fingerprint density at radius 2 is 1.82 bits per heavy atom. The van der Waals surface area contributed by atoms with Crippen LogP contribution in [0.25, 0.3) is 0 Å². The molecule has 2 aliphatic rings. The van der Waals surface area contributed by atoms with E-state index in [0.717, 1.165) is 18.6 Å². The van der Waals surface area contributed by atoms with Crippen molar-refractivity contribution < 1.29 is 22.8 Å². The van der Waals surface area contributed by atoms with Gasteiger partial charge in [0.25, 0.3) is 0 Å². The number of hydrogen-bond donors (Lipinski definition) is 1. The first kappa shape index (κ1) is 18.5. The van der Waals surface area contributed by atoms with Crippen LogP contribution in [0.4, 0.5) is 18.9 Å². The lowest BCUT2D eigenvalue weighted by Crippen LogP contribution is -2.34. The first-order valence-electron chi connectivity index (χ1n) is 9.16. The highest BCUT2D eigenvalue weighted by molar-refractivity contribution is 6.00. The fraction of sp³-hybridized carbons (Fsp3) is 0.333. The second kappa shape index (κ2) is 6.96. The topological polar surface area (TPSA) is 49.4 Å². The summed E-state index contributed by atoms with van der Waals surface area (Å²) in [5.41, 5.74) is 0.527. The van der Waals surface area contributed by atoms with E-state index in [4.69, 9.17) is 0 Å². The number of benzene rings is 2. The molecule has 28 heavy (non-hydrogen) atoms. The average molecular weight is 388 g/mol. The molecule has 7 heteroatoms. The third-order valence-corrected chi connectivity index (χ3v) is 5.33. The second-order valence-corrected chi connectivity index (χ2v) is 7.32. The van der Waals surface area contributed by atoms with Gasteiger partial charge < -0.3 is 10.2 Å². The molecule has 1 heterocycles. The third-order valence-electron chi connectivity index (χ3n) is 5.33. The quantitative estimate of drug-likeness (QED) is 0.868. The number of amides is 2. The zero-order chi connectivity index (χ0) is 19.9. The number of nitrogens with zero attached hydrogens (tertiary/aromatic N) is 1. The van der Waals surface area contributed by atoms with Crippen molar-refractivity contribution in [1.29, 1.82) is 0 Å². The van der Waals surface area contributed by atoms with Crippen LogP contribution in [0.2, 0.25) is 0 Å². The van der Waals surface area contributed by atoms with E-state index in [9.17, 15) is 22.8 Å². The Labute approximate surface area is 160 Å². The molecule has 1 saturated carbocycles. The summed E-state index contributed by atoms with van der Waals surface area (Å²) < 4.78 is 38.7. The molecule has 2 aromatic carbocycles. The van der Waals surface area contributed by atoms with Crippen molar-refractivity contribution in [3.8, 4) is 0 Å². The number of hydrogen-bond acceptors (Lipinski definition) is 2. The Kier molecular flexibility index (Phi) is 4.61. The smallest absolute Gasteiger partial charge is 0.352 e. The van der Waals surface area contributed by atoms with E-state index in [1.165, 1.54) is 22.6 Å². The minimum atomic E-state index is -4.48. The molecule has 1 N–H and O–H groups in total. The van der Waals surface area contributed by atoms with Crippen molar-refractivity contribution in [2.24, 2.45) is 5.92 Å². The molecule has 4 rings (SSSR count). The predicted octanol–water partition coefficient (Wildman–Crippen LogP) is 3.73. The fourth-order valence-electron chi connectivity index (χ4n) is 3.71. The summed E-state index contributed by atoms with van der Waals surface area (Å²) in [5, 5.41) is 2.97. The third kappa shape index (κ3) is 3.74. The van der Waals surface area contributed by atoms with Crippen LogP contribution in [0.1, 0.15) is 29.9 Å². The zero-order valence-electron chi connectivity index (χ0n) is 14.9. The first-order chi connectivity index (χ1) is 13.3. The highest BCUT2D eigenvalue weighted by Crippen LogP contribution is 2.41. The molecule has 2 amide bonds. The van der Waals surface area contributed by atoms with E-state index in [0.29, 0.717) is 0 Å². The molecule has 0 bridgehead atoms. The molecular weight excluding hydrogens is 369 g/mol. The zero-order valence-corrected chi connectivity index (χ0v) is 14.9. The largest absolute Gasteiger partial charge is 0.416 e. The van der Waals surface area contributed by atoms with Crippen molar-refractivity contribution >= 4 is 17.5 Å². The van der Waals surface area contributed by atoms with Crippen LogP contribution in [0.5, 0.6) is 0 Å². The number of nitrogens with one attached hydrogen (secondary N) is 1. The van der Waals surface area contributed by atoms with Gasteiger partial charge in [-0.2, -0.15) is 13.2 Å². The molecule has 146 valence electrons. The van der Waals surface area contributed by atoms with Crippen molar-refractivity contribution in [3.63, 3.8) is 0 Å². The van der Waals surface area contributed by atoms with Gasteiger partial charge in [0.1, 0.15) is 0 Å². The number of alkyl halides is 3. The molecular formula is C21H19F3N2O2. The Morgan fingerprint density at radius 1 is 1.07 bits per heavy atom. The molecule has 1 aliphatic carbocycles. The fourth-order valence-corrected chi connectivity index (χ4v) is 3.71. The first-order valence-corrected chi connectivity index (χ1v) is 9.16. The predicted molar refractivity (Wildman–Crippen MR) is 97.6 cm³/mol. The molecule has 0 unspecified atom stereocenters. The summed E-state index contributed by atoms with van der Waals surface area (Å²) in [7, 11) is 0. The SMILES string of the molecule is O=C(N[C@@H]1C[C@@H]1c1ccccc1)[C@H]1CC(=O)N(c2cccc(C(F)(F)F)c2)C1. The maximum absolute atomic E-state index is 12.9. The highest BCUT2D eigenvalue weighted by Gasteiger charge is 2.43. The van der Waals surface area contributed by atoms with Crippen LogP contribution in [-0.2, 0) is 15.8 Å². The Balaban J connectivity index is 1.39. The molecule has 2 fully saturated rings. The van der Waals surface area contributed by atoms with E-state index >= 15 is 0 Å². The van der Waals surface area contributed by atoms with Crippen molar-refractivity contribution in [2.45, 2.75) is 31.0 Å². The van der Waals surface area contributed by atoms with Crippen LogP contribution >= 0.6 is 0 Å². The highest BCUT2D eigenvalue weighted by atomic mass is 19.4. The van der Waals surface area contributed by atoms with E-state index in [1.54, 1.807) is 0 Å². The van der Waals surface area contributed by atoms with E-state index in [1.807, 2.05) is 30.3 Å². The molecule has 2 aromatic rings. The van der Waals surface area contributed by atoms with E-state index in [-0.39, 0.29) is 42.4 Å². The molecule has 1 aliphatic heterocycles. The van der Waals surface area contributed by atoms with Crippen molar-refractivity contribution in [3.05, 3.63) is 65.7 Å². The Morgan fingerprint density at radius 3 is 2.54 bits per heavy atom. The van der Waals surface area contributed by atoms with Gasteiger partial charge >= 0.3 is 6.18 Å². The summed E-state index contributed by atoms with van der Waals surface area (Å²) >= 11 is 0. The minimum Gasteiger partial charge on any atom is -0.352 e. The molecule has 0 radical (unpaired) electrons. The monoisotopic (exact) mass is 388 g/mol. The summed E-state index contributed by atoms with van der Waals surface area (Å²) in [6.07, 6.45) is -3.62. The molecule has 1 saturated heterocycles. The van der Waals surface area contributed by atoms with Crippen molar-refractivity contribution in [1.82, 2.24) is 5.32 Å². The van der Waals surface area contributed by atoms with E-state index in [2.05, 4.69) is 5.32 Å². The second-order valence-electron chi connectivity index (χ2n) is 7.32. The van der Waals surface area contributed by atoms with Crippen LogP contribution < -0.4 is 10.2 Å². The van der Waals surface area contributed by atoms with Crippen LogP contribution in [0.3, 0.4) is 0 Å². The number of carbonyl (C=O) groups excluding carboxylic acids is 2.